The van der Waals surface area contributed by atoms with Crippen LogP contribution in [0.4, 0.5) is 0 Å². The fraction of sp³-hybridized carbons (Fsp3) is 0.462. The zero-order valence-electron chi connectivity index (χ0n) is 10.7. The highest BCUT2D eigenvalue weighted by Crippen LogP contribution is 2.28. The smallest absolute Gasteiger partial charge is 0.192 e. The summed E-state index contributed by atoms with van der Waals surface area (Å²) in [5, 5.41) is 0. The summed E-state index contributed by atoms with van der Waals surface area (Å²) in [6.07, 6.45) is 0. The third-order valence-electron chi connectivity index (χ3n) is 3.21. The number of nitrogens with zero attached hydrogens (tertiary/aromatic N) is 2. The number of nitrogens with two attached hydrogens (primary N) is 1. The number of benzene rings is 1. The highest BCUT2D eigenvalue weighted by molar-refractivity contribution is 9.10. The minimum atomic E-state index is 0.219. The van der Waals surface area contributed by atoms with E-state index in [1.54, 1.807) is 7.11 Å². The maximum atomic E-state index is 5.92. The molecule has 0 saturated carbocycles. The molecule has 0 amide bonds. The van der Waals surface area contributed by atoms with Crippen molar-refractivity contribution in [1.82, 2.24) is 4.90 Å². The molecule has 1 aromatic rings. The van der Waals surface area contributed by atoms with Crippen LogP contribution < -0.4 is 5.73 Å². The Bertz CT molecular complexity index is 462. The van der Waals surface area contributed by atoms with Gasteiger partial charge < -0.3 is 15.4 Å². The van der Waals surface area contributed by atoms with Crippen LogP contribution in [-0.4, -0.2) is 37.7 Å². The predicted molar refractivity (Wildman–Crippen MR) is 76.7 cm³/mol. The maximum absolute atomic E-state index is 5.92. The average Bonchev–Trinajstić information content (AvgIpc) is 2.72. The summed E-state index contributed by atoms with van der Waals surface area (Å²) in [5.41, 5.74) is 8.38. The van der Waals surface area contributed by atoms with Crippen LogP contribution in [0.5, 0.6) is 0 Å². The lowest BCUT2D eigenvalue weighted by Gasteiger charge is -2.26. The van der Waals surface area contributed by atoms with Gasteiger partial charge in [0.2, 0.25) is 0 Å². The number of hydrogen-bond acceptors (Lipinski definition) is 4. The van der Waals surface area contributed by atoms with Gasteiger partial charge in [-0.2, -0.15) is 0 Å². The molecule has 2 N–H and O–H groups in total. The van der Waals surface area contributed by atoms with Gasteiger partial charge in [-0.3, -0.25) is 4.99 Å². The van der Waals surface area contributed by atoms with Gasteiger partial charge in [0.25, 0.3) is 0 Å². The van der Waals surface area contributed by atoms with E-state index < -0.39 is 0 Å². The van der Waals surface area contributed by atoms with Gasteiger partial charge in [0.1, 0.15) is 0 Å². The van der Waals surface area contributed by atoms with Crippen LogP contribution in [0.1, 0.15) is 17.2 Å². The number of aryl methyl sites for hydroxylation is 1. The second-order valence-electron chi connectivity index (χ2n) is 4.41. The first kappa shape index (κ1) is 13.4. The van der Waals surface area contributed by atoms with Crippen molar-refractivity contribution in [3.05, 3.63) is 33.8 Å². The van der Waals surface area contributed by atoms with E-state index in [4.69, 9.17) is 10.5 Å². The van der Waals surface area contributed by atoms with E-state index >= 15 is 0 Å². The lowest BCUT2D eigenvalue weighted by molar-refractivity contribution is 0.166. The Morgan fingerprint density at radius 3 is 3.00 bits per heavy atom. The number of guanidine groups is 1. The standard InChI is InChI=1S/C13H18BrN3O/c1-9-3-4-10(7-11(9)14)12-8-16-13(15)17(12)5-6-18-2/h3-4,7,12H,5-6,8H2,1-2H3,(H2,15,16). The minimum absolute atomic E-state index is 0.219. The molecule has 0 saturated heterocycles. The van der Waals surface area contributed by atoms with Gasteiger partial charge in [-0.25, -0.2) is 0 Å². The molecule has 4 nitrogen and oxygen atoms in total. The molecule has 1 heterocycles. The molecule has 0 spiro atoms. The van der Waals surface area contributed by atoms with Crippen molar-refractivity contribution in [2.24, 2.45) is 10.7 Å². The zero-order chi connectivity index (χ0) is 13.1. The predicted octanol–water partition coefficient (Wildman–Crippen LogP) is 2.08. The maximum Gasteiger partial charge on any atom is 0.192 e. The van der Waals surface area contributed by atoms with Gasteiger partial charge in [-0.1, -0.05) is 28.1 Å². The molecule has 0 bridgehead atoms. The van der Waals surface area contributed by atoms with Gasteiger partial charge in [0.15, 0.2) is 5.96 Å². The second kappa shape index (κ2) is 5.71. The van der Waals surface area contributed by atoms with Crippen molar-refractivity contribution in [2.75, 3.05) is 26.8 Å². The monoisotopic (exact) mass is 311 g/mol. The average molecular weight is 312 g/mol. The second-order valence-corrected chi connectivity index (χ2v) is 5.26. The highest BCUT2D eigenvalue weighted by atomic mass is 79.9. The quantitative estimate of drug-likeness (QED) is 0.926. The van der Waals surface area contributed by atoms with E-state index in [9.17, 15) is 0 Å². The fourth-order valence-corrected chi connectivity index (χ4v) is 2.49. The third-order valence-corrected chi connectivity index (χ3v) is 4.07. The SMILES string of the molecule is COCCN1C(N)=NCC1c1ccc(C)c(Br)c1. The van der Waals surface area contributed by atoms with Gasteiger partial charge in [-0.15, -0.1) is 0 Å². The number of ether oxygens (including phenoxy) is 1. The number of hydrogen-bond donors (Lipinski definition) is 1. The molecule has 0 aliphatic carbocycles. The minimum Gasteiger partial charge on any atom is -0.383 e. The van der Waals surface area contributed by atoms with Crippen molar-refractivity contribution >= 4 is 21.9 Å². The Morgan fingerprint density at radius 2 is 2.33 bits per heavy atom. The summed E-state index contributed by atoms with van der Waals surface area (Å²) in [5.74, 6) is 0.605. The molecule has 0 aromatic heterocycles. The van der Waals surface area contributed by atoms with E-state index in [-0.39, 0.29) is 6.04 Å². The molecule has 98 valence electrons. The van der Waals surface area contributed by atoms with Gasteiger partial charge in [-0.05, 0) is 24.1 Å². The van der Waals surface area contributed by atoms with Crippen molar-refractivity contribution in [1.29, 1.82) is 0 Å². The molecular weight excluding hydrogens is 294 g/mol. The van der Waals surface area contributed by atoms with Gasteiger partial charge in [0, 0.05) is 18.1 Å². The third kappa shape index (κ3) is 2.67. The lowest BCUT2D eigenvalue weighted by atomic mass is 10.0. The number of methoxy groups -OCH3 is 1. The largest absolute Gasteiger partial charge is 0.383 e. The Morgan fingerprint density at radius 1 is 1.56 bits per heavy atom. The van der Waals surface area contributed by atoms with Crippen LogP contribution in [0.15, 0.2) is 27.7 Å². The summed E-state index contributed by atoms with van der Waals surface area (Å²) < 4.78 is 6.24. The molecule has 5 heteroatoms. The Kier molecular flexibility index (Phi) is 4.24. The Labute approximate surface area is 116 Å². The molecule has 1 aliphatic heterocycles. The molecule has 0 radical (unpaired) electrons. The normalized spacial score (nSPS) is 19.2. The van der Waals surface area contributed by atoms with Gasteiger partial charge >= 0.3 is 0 Å². The van der Waals surface area contributed by atoms with Crippen molar-refractivity contribution < 1.29 is 4.74 Å². The Balaban J connectivity index is 2.19. The first-order valence-electron chi connectivity index (χ1n) is 5.95. The van der Waals surface area contributed by atoms with Crippen LogP contribution in [-0.2, 0) is 4.74 Å². The lowest BCUT2D eigenvalue weighted by Crippen LogP contribution is -2.38. The van der Waals surface area contributed by atoms with E-state index in [2.05, 4.69) is 50.9 Å². The number of rotatable bonds is 4. The van der Waals surface area contributed by atoms with Crippen molar-refractivity contribution in [3.63, 3.8) is 0 Å². The van der Waals surface area contributed by atoms with Gasteiger partial charge in [0.05, 0.1) is 19.2 Å². The van der Waals surface area contributed by atoms with Crippen LogP contribution in [0, 0.1) is 6.92 Å². The first-order valence-corrected chi connectivity index (χ1v) is 6.74. The van der Waals surface area contributed by atoms with Crippen molar-refractivity contribution in [3.8, 4) is 0 Å². The first-order chi connectivity index (χ1) is 8.63. The summed E-state index contributed by atoms with van der Waals surface area (Å²) in [6, 6.07) is 6.62. The fourth-order valence-electron chi connectivity index (χ4n) is 2.09. The van der Waals surface area contributed by atoms with E-state index in [0.717, 1.165) is 11.0 Å². The summed E-state index contributed by atoms with van der Waals surface area (Å²) >= 11 is 3.57. The zero-order valence-corrected chi connectivity index (χ0v) is 12.3. The number of aliphatic imine (C=N–C) groups is 1. The number of halogens is 1. The molecule has 18 heavy (non-hydrogen) atoms. The Hall–Kier alpha value is -1.07. The molecular formula is C13H18BrN3O. The molecule has 2 rings (SSSR count). The molecule has 1 atom stereocenters. The van der Waals surface area contributed by atoms with Crippen LogP contribution in [0.2, 0.25) is 0 Å². The summed E-state index contributed by atoms with van der Waals surface area (Å²) in [4.78, 5) is 6.43. The molecule has 0 fully saturated rings. The molecule has 1 aromatic carbocycles. The molecule has 1 unspecified atom stereocenters. The summed E-state index contributed by atoms with van der Waals surface area (Å²) in [6.45, 7) is 4.21. The molecule has 1 aliphatic rings. The van der Waals surface area contributed by atoms with Crippen LogP contribution >= 0.6 is 15.9 Å². The van der Waals surface area contributed by atoms with Crippen LogP contribution in [0.3, 0.4) is 0 Å². The van der Waals surface area contributed by atoms with E-state index in [1.165, 1.54) is 11.1 Å². The van der Waals surface area contributed by atoms with E-state index in [1.807, 2.05) is 0 Å². The van der Waals surface area contributed by atoms with E-state index in [0.29, 0.717) is 19.1 Å². The van der Waals surface area contributed by atoms with Crippen molar-refractivity contribution in [2.45, 2.75) is 13.0 Å². The summed E-state index contributed by atoms with van der Waals surface area (Å²) in [7, 11) is 1.70. The van der Waals surface area contributed by atoms with Crippen LogP contribution in [0.25, 0.3) is 0 Å². The topological polar surface area (TPSA) is 50.9 Å². The highest BCUT2D eigenvalue weighted by Gasteiger charge is 2.27.